The molecule has 9 heteroatoms. The molecule has 0 bridgehead atoms. The molecule has 2 amide bonds. The summed E-state index contributed by atoms with van der Waals surface area (Å²) in [6.45, 7) is -0.242. The van der Waals surface area contributed by atoms with Crippen molar-refractivity contribution >= 4 is 50.6 Å². The first-order valence-electron chi connectivity index (χ1n) is 8.45. The number of sulfonamides is 1. The van der Waals surface area contributed by atoms with E-state index < -0.39 is 21.9 Å². The molecule has 0 saturated carbocycles. The predicted molar refractivity (Wildman–Crippen MR) is 111 cm³/mol. The van der Waals surface area contributed by atoms with Gasteiger partial charge in [-0.2, -0.15) is 4.31 Å². The standard InChI is InChI=1S/C20H13Cl2FN2O3S/c21-13-5-3-6-14(11-13)25-20(26)24(12-15-16(22)7-4-8-17(15)23)18-9-1-2-10-19(18)29(25,27)28/h1-11H,12H2. The molecule has 4 rings (SSSR count). The SMILES string of the molecule is O=C1N(Cc2c(F)cccc2Cl)c2ccccc2S(=O)(=O)N1c1cccc(Cl)c1. The van der Waals surface area contributed by atoms with Crippen molar-refractivity contribution in [3.05, 3.63) is 88.2 Å². The van der Waals surface area contributed by atoms with Crippen LogP contribution in [0.3, 0.4) is 0 Å². The molecule has 3 aromatic carbocycles. The highest BCUT2D eigenvalue weighted by atomic mass is 35.5. The van der Waals surface area contributed by atoms with Crippen LogP contribution in [0.1, 0.15) is 5.56 Å². The number of hydrogen-bond donors (Lipinski definition) is 0. The fraction of sp³-hybridized carbons (Fsp3) is 0.0500. The fourth-order valence-corrected chi connectivity index (χ4v) is 5.15. The molecule has 0 radical (unpaired) electrons. The summed E-state index contributed by atoms with van der Waals surface area (Å²) in [5.41, 5.74) is 0.319. The third-order valence-corrected chi connectivity index (χ3v) is 6.84. The van der Waals surface area contributed by atoms with Gasteiger partial charge in [-0.3, -0.25) is 4.90 Å². The molecule has 0 spiro atoms. The van der Waals surface area contributed by atoms with E-state index in [0.29, 0.717) is 4.31 Å². The number of nitrogens with zero attached hydrogens (tertiary/aromatic N) is 2. The molecule has 1 aliphatic rings. The number of para-hydroxylation sites is 1. The Hall–Kier alpha value is -2.61. The topological polar surface area (TPSA) is 57.7 Å². The van der Waals surface area contributed by atoms with Crippen LogP contribution < -0.4 is 9.21 Å². The number of hydrogen-bond acceptors (Lipinski definition) is 3. The molecule has 0 unspecified atom stereocenters. The third-order valence-electron chi connectivity index (χ3n) is 4.50. The van der Waals surface area contributed by atoms with Gasteiger partial charge in [0.1, 0.15) is 10.7 Å². The molecule has 1 heterocycles. The molecular formula is C20H13Cl2FN2O3S. The lowest BCUT2D eigenvalue weighted by molar-refractivity contribution is 0.253. The van der Waals surface area contributed by atoms with Crippen molar-refractivity contribution in [1.82, 2.24) is 0 Å². The molecule has 0 fully saturated rings. The molecule has 5 nitrogen and oxygen atoms in total. The van der Waals surface area contributed by atoms with E-state index in [4.69, 9.17) is 23.2 Å². The number of carbonyl (C=O) groups excluding carboxylic acids is 1. The first-order valence-corrected chi connectivity index (χ1v) is 10.6. The Labute approximate surface area is 176 Å². The highest BCUT2D eigenvalue weighted by Crippen LogP contribution is 2.39. The number of carbonyl (C=O) groups is 1. The maximum Gasteiger partial charge on any atom is 0.343 e. The van der Waals surface area contributed by atoms with Crippen LogP contribution >= 0.6 is 23.2 Å². The van der Waals surface area contributed by atoms with E-state index in [1.54, 1.807) is 24.3 Å². The number of urea groups is 1. The lowest BCUT2D eigenvalue weighted by Crippen LogP contribution is -2.50. The van der Waals surface area contributed by atoms with Crippen LogP contribution in [0.25, 0.3) is 0 Å². The van der Waals surface area contributed by atoms with Crippen LogP contribution in [0, 0.1) is 5.82 Å². The van der Waals surface area contributed by atoms with Gasteiger partial charge in [0, 0.05) is 15.6 Å². The van der Waals surface area contributed by atoms with Gasteiger partial charge in [-0.05, 0) is 42.5 Å². The summed E-state index contributed by atoms with van der Waals surface area (Å²) in [5, 5.41) is 0.408. The largest absolute Gasteiger partial charge is 0.343 e. The van der Waals surface area contributed by atoms with Gasteiger partial charge in [-0.15, -0.1) is 0 Å². The molecule has 148 valence electrons. The van der Waals surface area contributed by atoms with E-state index >= 15 is 0 Å². The number of amides is 2. The zero-order valence-electron chi connectivity index (χ0n) is 14.7. The van der Waals surface area contributed by atoms with Gasteiger partial charge >= 0.3 is 6.03 Å². The second-order valence-corrected chi connectivity index (χ2v) is 8.88. The van der Waals surface area contributed by atoms with Gasteiger partial charge in [0.15, 0.2) is 0 Å². The Balaban J connectivity index is 1.91. The molecule has 0 aromatic heterocycles. The van der Waals surface area contributed by atoms with Crippen molar-refractivity contribution < 1.29 is 17.6 Å². The number of halogens is 3. The molecule has 3 aromatic rings. The van der Waals surface area contributed by atoms with Crippen LogP contribution in [0.2, 0.25) is 10.0 Å². The molecule has 0 aliphatic carbocycles. The van der Waals surface area contributed by atoms with E-state index in [-0.39, 0.29) is 38.4 Å². The summed E-state index contributed by atoms with van der Waals surface area (Å²) in [5.74, 6) is -0.592. The minimum atomic E-state index is -4.19. The lowest BCUT2D eigenvalue weighted by atomic mass is 10.2. The molecule has 0 atom stereocenters. The van der Waals surface area contributed by atoms with E-state index in [1.807, 2.05) is 0 Å². The maximum absolute atomic E-state index is 14.4. The normalized spacial score (nSPS) is 15.3. The minimum absolute atomic E-state index is 0.0768. The second kappa shape index (κ2) is 7.33. The van der Waals surface area contributed by atoms with E-state index in [2.05, 4.69) is 0 Å². The monoisotopic (exact) mass is 450 g/mol. The number of rotatable bonds is 3. The summed E-state index contributed by atoms with van der Waals surface area (Å²) in [6.07, 6.45) is 0. The van der Waals surface area contributed by atoms with Gasteiger partial charge in [-0.25, -0.2) is 17.6 Å². The Kier molecular flexibility index (Phi) is 4.98. The summed E-state index contributed by atoms with van der Waals surface area (Å²) in [7, 11) is -4.19. The number of fused-ring (bicyclic) bond motifs is 1. The van der Waals surface area contributed by atoms with Crippen molar-refractivity contribution in [3.8, 4) is 0 Å². The van der Waals surface area contributed by atoms with Crippen molar-refractivity contribution in [2.45, 2.75) is 11.4 Å². The second-order valence-electron chi connectivity index (χ2n) is 6.29. The first kappa shape index (κ1) is 19.7. The highest BCUT2D eigenvalue weighted by molar-refractivity contribution is 7.94. The Morgan fingerprint density at radius 3 is 2.38 bits per heavy atom. The van der Waals surface area contributed by atoms with Crippen LogP contribution in [-0.4, -0.2) is 14.4 Å². The van der Waals surface area contributed by atoms with Gasteiger partial charge in [0.05, 0.1) is 17.9 Å². The van der Waals surface area contributed by atoms with Gasteiger partial charge < -0.3 is 0 Å². The van der Waals surface area contributed by atoms with Crippen LogP contribution in [0.5, 0.6) is 0 Å². The lowest BCUT2D eigenvalue weighted by Gasteiger charge is -2.36. The van der Waals surface area contributed by atoms with Crippen molar-refractivity contribution in [1.29, 1.82) is 0 Å². The Morgan fingerprint density at radius 1 is 0.931 bits per heavy atom. The van der Waals surface area contributed by atoms with Crippen molar-refractivity contribution in [2.75, 3.05) is 9.21 Å². The average molecular weight is 451 g/mol. The molecule has 0 N–H and O–H groups in total. The smallest absolute Gasteiger partial charge is 0.287 e. The van der Waals surface area contributed by atoms with Gasteiger partial charge in [0.2, 0.25) is 0 Å². The minimum Gasteiger partial charge on any atom is -0.287 e. The molecular weight excluding hydrogens is 438 g/mol. The summed E-state index contributed by atoms with van der Waals surface area (Å²) >= 11 is 12.1. The van der Waals surface area contributed by atoms with E-state index in [9.17, 15) is 17.6 Å². The number of anilines is 2. The van der Waals surface area contributed by atoms with Gasteiger partial charge in [0.25, 0.3) is 10.0 Å². The van der Waals surface area contributed by atoms with Crippen LogP contribution in [0.4, 0.5) is 20.6 Å². The Bertz CT molecular complexity index is 1210. The zero-order valence-corrected chi connectivity index (χ0v) is 17.0. The summed E-state index contributed by atoms with van der Waals surface area (Å²) < 4.78 is 41.4. The van der Waals surface area contributed by atoms with Crippen LogP contribution in [0.15, 0.2) is 71.6 Å². The quantitative estimate of drug-likeness (QED) is 0.531. The first-order chi connectivity index (χ1) is 13.8. The van der Waals surface area contributed by atoms with Crippen molar-refractivity contribution in [2.24, 2.45) is 0 Å². The molecule has 29 heavy (non-hydrogen) atoms. The maximum atomic E-state index is 14.4. The number of benzene rings is 3. The van der Waals surface area contributed by atoms with Crippen molar-refractivity contribution in [3.63, 3.8) is 0 Å². The molecule has 0 saturated heterocycles. The van der Waals surface area contributed by atoms with E-state index in [0.717, 1.165) is 0 Å². The zero-order chi connectivity index (χ0) is 20.8. The predicted octanol–water partition coefficient (Wildman–Crippen LogP) is 5.47. The fourth-order valence-electron chi connectivity index (χ4n) is 3.16. The summed E-state index contributed by atoms with van der Waals surface area (Å²) in [6, 6.07) is 15.3. The molecule has 1 aliphatic heterocycles. The highest BCUT2D eigenvalue weighted by Gasteiger charge is 2.42. The van der Waals surface area contributed by atoms with Gasteiger partial charge in [-0.1, -0.05) is 47.5 Å². The average Bonchev–Trinajstić information content (AvgIpc) is 2.67. The summed E-state index contributed by atoms with van der Waals surface area (Å²) in [4.78, 5) is 14.4. The Morgan fingerprint density at radius 2 is 1.66 bits per heavy atom. The third kappa shape index (κ3) is 3.35. The van der Waals surface area contributed by atoms with Crippen LogP contribution in [-0.2, 0) is 16.6 Å². The van der Waals surface area contributed by atoms with E-state index in [1.165, 1.54) is 47.4 Å².